The number of amides is 1. The van der Waals surface area contributed by atoms with Gasteiger partial charge >= 0.3 is 0 Å². The minimum absolute atomic E-state index is 0.0249. The highest BCUT2D eigenvalue weighted by atomic mass is 79.9. The Hall–Kier alpha value is -1.07. The van der Waals surface area contributed by atoms with Gasteiger partial charge in [-0.25, -0.2) is 0 Å². The van der Waals surface area contributed by atoms with Crippen LogP contribution in [-0.4, -0.2) is 29.9 Å². The van der Waals surface area contributed by atoms with E-state index in [-0.39, 0.29) is 17.9 Å². The maximum atomic E-state index is 13.4. The fourth-order valence-electron chi connectivity index (χ4n) is 4.42. The van der Waals surface area contributed by atoms with Crippen molar-refractivity contribution in [2.24, 2.45) is 5.92 Å². The van der Waals surface area contributed by atoms with Crippen LogP contribution in [0.25, 0.3) is 0 Å². The fraction of sp³-hybridized carbons (Fsp3) is 0.409. The predicted octanol–water partition coefficient (Wildman–Crippen LogP) is 5.95. The van der Waals surface area contributed by atoms with Crippen molar-refractivity contribution in [3.8, 4) is 0 Å². The van der Waals surface area contributed by atoms with E-state index in [1.165, 1.54) is 5.56 Å². The molecule has 0 unspecified atom stereocenters. The zero-order valence-electron chi connectivity index (χ0n) is 15.8. The van der Waals surface area contributed by atoms with Gasteiger partial charge in [0.05, 0.1) is 5.92 Å². The van der Waals surface area contributed by atoms with Gasteiger partial charge in [-0.1, -0.05) is 45.2 Å². The molecule has 2 aliphatic heterocycles. The average Bonchev–Trinajstić information content (AvgIpc) is 2.98. The summed E-state index contributed by atoms with van der Waals surface area (Å²) in [6, 6.07) is 12.1. The molecule has 0 aromatic heterocycles. The Kier molecular flexibility index (Phi) is 6.03. The molecule has 6 heteroatoms. The number of anilines is 1. The van der Waals surface area contributed by atoms with Gasteiger partial charge in [-0.2, -0.15) is 0 Å². The van der Waals surface area contributed by atoms with Crippen LogP contribution >= 0.6 is 39.1 Å². The number of benzene rings is 2. The maximum Gasteiger partial charge on any atom is 0.231 e. The second kappa shape index (κ2) is 8.35. The van der Waals surface area contributed by atoms with E-state index >= 15 is 0 Å². The van der Waals surface area contributed by atoms with Crippen molar-refractivity contribution < 1.29 is 4.79 Å². The van der Waals surface area contributed by atoms with Gasteiger partial charge in [-0.15, -0.1) is 0 Å². The lowest BCUT2D eigenvalue weighted by molar-refractivity contribution is -0.124. The normalized spacial score (nSPS) is 22.4. The molecule has 0 bridgehead atoms. The molecule has 0 radical (unpaired) electrons. The summed E-state index contributed by atoms with van der Waals surface area (Å²) in [4.78, 5) is 17.8. The van der Waals surface area contributed by atoms with Crippen LogP contribution in [0.2, 0.25) is 10.0 Å². The van der Waals surface area contributed by atoms with E-state index in [1.807, 2.05) is 23.1 Å². The Balaban J connectivity index is 1.48. The number of rotatable bonds is 3. The van der Waals surface area contributed by atoms with Crippen LogP contribution in [0, 0.1) is 5.92 Å². The van der Waals surface area contributed by atoms with Crippen molar-refractivity contribution >= 4 is 50.7 Å². The van der Waals surface area contributed by atoms with Gasteiger partial charge in [-0.05, 0) is 74.2 Å². The van der Waals surface area contributed by atoms with Crippen LogP contribution in [0.1, 0.15) is 30.9 Å². The molecule has 1 fully saturated rings. The zero-order valence-corrected chi connectivity index (χ0v) is 18.9. The van der Waals surface area contributed by atoms with Crippen molar-refractivity contribution in [1.82, 2.24) is 4.90 Å². The standard InChI is InChI=1S/C22H23BrCl2N2O/c1-14-9-17-10-18(23)5-7-21(17)27(14)22(28)16-3-2-8-26(13-16)12-15-4-6-19(24)11-20(15)25/h4-7,10-11,14,16H,2-3,8-9,12-13H2,1H3/t14-,16+/m1/s1. The number of fused-ring (bicyclic) bond motifs is 1. The summed E-state index contributed by atoms with van der Waals surface area (Å²) < 4.78 is 1.07. The summed E-state index contributed by atoms with van der Waals surface area (Å²) in [6.07, 6.45) is 2.88. The van der Waals surface area contributed by atoms with Crippen LogP contribution in [-0.2, 0) is 17.8 Å². The van der Waals surface area contributed by atoms with Crippen molar-refractivity contribution in [1.29, 1.82) is 0 Å². The van der Waals surface area contributed by atoms with E-state index in [4.69, 9.17) is 23.2 Å². The average molecular weight is 482 g/mol. The number of likely N-dealkylation sites (tertiary alicyclic amines) is 1. The lowest BCUT2D eigenvalue weighted by atomic mass is 9.95. The predicted molar refractivity (Wildman–Crippen MR) is 119 cm³/mol. The van der Waals surface area contributed by atoms with E-state index in [0.717, 1.165) is 54.6 Å². The van der Waals surface area contributed by atoms with E-state index in [0.29, 0.717) is 10.0 Å². The quantitative estimate of drug-likeness (QED) is 0.541. The Labute approximate surface area is 184 Å². The minimum Gasteiger partial charge on any atom is -0.309 e. The molecular weight excluding hydrogens is 459 g/mol. The largest absolute Gasteiger partial charge is 0.309 e. The first-order chi connectivity index (χ1) is 13.4. The first-order valence-corrected chi connectivity index (χ1v) is 11.2. The fourth-order valence-corrected chi connectivity index (χ4v) is 5.30. The Morgan fingerprint density at radius 2 is 2.04 bits per heavy atom. The summed E-state index contributed by atoms with van der Waals surface area (Å²) in [7, 11) is 0. The summed E-state index contributed by atoms with van der Waals surface area (Å²) in [5.41, 5.74) is 3.37. The molecule has 0 N–H and O–H groups in total. The molecule has 0 saturated carbocycles. The third-order valence-corrected chi connectivity index (χ3v) is 6.84. The molecule has 0 aliphatic carbocycles. The van der Waals surface area contributed by atoms with Crippen molar-refractivity contribution in [2.75, 3.05) is 18.0 Å². The molecule has 1 amide bonds. The molecule has 2 aliphatic rings. The van der Waals surface area contributed by atoms with E-state index < -0.39 is 0 Å². The number of carbonyl (C=O) groups excluding carboxylic acids is 1. The van der Waals surface area contributed by atoms with Gasteiger partial charge in [0.2, 0.25) is 5.91 Å². The number of nitrogens with zero attached hydrogens (tertiary/aromatic N) is 2. The van der Waals surface area contributed by atoms with Crippen LogP contribution in [0.3, 0.4) is 0 Å². The molecule has 28 heavy (non-hydrogen) atoms. The maximum absolute atomic E-state index is 13.4. The molecule has 1 saturated heterocycles. The van der Waals surface area contributed by atoms with Crippen molar-refractivity contribution in [2.45, 2.75) is 38.8 Å². The van der Waals surface area contributed by atoms with Gasteiger partial charge < -0.3 is 4.90 Å². The first-order valence-electron chi connectivity index (χ1n) is 9.70. The SMILES string of the molecule is C[C@@H]1Cc2cc(Br)ccc2N1C(=O)[C@H]1CCCN(Cc2ccc(Cl)cc2Cl)C1. The van der Waals surface area contributed by atoms with E-state index in [1.54, 1.807) is 6.07 Å². The third-order valence-electron chi connectivity index (χ3n) is 5.76. The molecule has 2 aromatic carbocycles. The van der Waals surface area contributed by atoms with Gasteiger partial charge in [0.25, 0.3) is 0 Å². The van der Waals surface area contributed by atoms with Crippen LogP contribution in [0.4, 0.5) is 5.69 Å². The molecule has 3 nitrogen and oxygen atoms in total. The number of piperidine rings is 1. The lowest BCUT2D eigenvalue weighted by Gasteiger charge is -2.35. The second-order valence-electron chi connectivity index (χ2n) is 7.84. The Bertz CT molecular complexity index is 904. The molecule has 2 heterocycles. The lowest BCUT2D eigenvalue weighted by Crippen LogP contribution is -2.46. The highest BCUT2D eigenvalue weighted by Gasteiger charge is 2.36. The number of hydrogen-bond donors (Lipinski definition) is 0. The third kappa shape index (κ3) is 4.11. The van der Waals surface area contributed by atoms with Crippen LogP contribution in [0.5, 0.6) is 0 Å². The van der Waals surface area contributed by atoms with Crippen LogP contribution < -0.4 is 4.90 Å². The Morgan fingerprint density at radius 3 is 2.82 bits per heavy atom. The summed E-state index contributed by atoms with van der Waals surface area (Å²) in [6.45, 7) is 4.65. The molecule has 2 aromatic rings. The van der Waals surface area contributed by atoms with Gasteiger partial charge in [0.15, 0.2) is 0 Å². The van der Waals surface area contributed by atoms with Gasteiger partial charge in [-0.3, -0.25) is 9.69 Å². The highest BCUT2D eigenvalue weighted by molar-refractivity contribution is 9.10. The zero-order chi connectivity index (χ0) is 19.8. The summed E-state index contributed by atoms with van der Waals surface area (Å²) in [5.74, 6) is 0.275. The topological polar surface area (TPSA) is 23.6 Å². The number of carbonyl (C=O) groups is 1. The first kappa shape index (κ1) is 20.2. The highest BCUT2D eigenvalue weighted by Crippen LogP contribution is 2.36. The molecule has 148 valence electrons. The second-order valence-corrected chi connectivity index (χ2v) is 9.60. The van der Waals surface area contributed by atoms with E-state index in [2.05, 4.69) is 39.9 Å². The molecule has 4 rings (SSSR count). The summed E-state index contributed by atoms with van der Waals surface area (Å²) >= 11 is 15.9. The van der Waals surface area contributed by atoms with Crippen molar-refractivity contribution in [3.05, 3.63) is 62.0 Å². The summed E-state index contributed by atoms with van der Waals surface area (Å²) in [5, 5.41) is 1.34. The molecular formula is C22H23BrCl2N2O. The molecule has 0 spiro atoms. The van der Waals surface area contributed by atoms with E-state index in [9.17, 15) is 4.79 Å². The Morgan fingerprint density at radius 1 is 1.21 bits per heavy atom. The van der Waals surface area contributed by atoms with Gasteiger partial charge in [0, 0.05) is 39.3 Å². The number of halogens is 3. The molecule has 2 atom stereocenters. The number of hydrogen-bond acceptors (Lipinski definition) is 2. The monoisotopic (exact) mass is 480 g/mol. The minimum atomic E-state index is 0.0249. The van der Waals surface area contributed by atoms with Crippen LogP contribution in [0.15, 0.2) is 40.9 Å². The smallest absolute Gasteiger partial charge is 0.231 e. The van der Waals surface area contributed by atoms with Crippen molar-refractivity contribution in [3.63, 3.8) is 0 Å². The van der Waals surface area contributed by atoms with Gasteiger partial charge in [0.1, 0.15) is 0 Å².